The number of aliphatic hydroxyl groups is 5. The summed E-state index contributed by atoms with van der Waals surface area (Å²) in [5.74, 6) is -3.18. The number of carbonyl (C=O) groups excluding carboxylic acids is 1. The highest BCUT2D eigenvalue weighted by atomic mass is 16.7. The van der Waals surface area contributed by atoms with Crippen molar-refractivity contribution < 1.29 is 39.8 Å². The number of ketones is 1. The predicted molar refractivity (Wildman–Crippen MR) is 88.2 cm³/mol. The van der Waals surface area contributed by atoms with Gasteiger partial charge in [-0.1, -0.05) is 27.7 Å². The number of aliphatic hydroxyl groups excluding tert-OH is 3. The molecule has 1 saturated heterocycles. The van der Waals surface area contributed by atoms with E-state index in [1.54, 1.807) is 0 Å². The third-order valence-electron chi connectivity index (χ3n) is 3.36. The van der Waals surface area contributed by atoms with Crippen molar-refractivity contribution in [2.45, 2.75) is 71.1 Å². The van der Waals surface area contributed by atoms with Crippen molar-refractivity contribution >= 4 is 5.78 Å². The maximum Gasteiger partial charge on any atom is 0.213 e. The van der Waals surface area contributed by atoms with Gasteiger partial charge in [-0.2, -0.15) is 0 Å². The van der Waals surface area contributed by atoms with Gasteiger partial charge in [-0.25, -0.2) is 0 Å². The van der Waals surface area contributed by atoms with Gasteiger partial charge in [0.05, 0.1) is 19.3 Å². The highest BCUT2D eigenvalue weighted by Gasteiger charge is 2.42. The van der Waals surface area contributed by atoms with Gasteiger partial charge in [0.15, 0.2) is 0 Å². The van der Waals surface area contributed by atoms with Gasteiger partial charge in [0.2, 0.25) is 11.6 Å². The number of ether oxygens (including phenoxy) is 2. The largest absolute Gasteiger partial charge is 0.393 e. The second-order valence-electron chi connectivity index (χ2n) is 5.50. The third kappa shape index (κ3) is 11.9. The molecule has 0 radical (unpaired) electrons. The number of hydrogen-bond acceptors (Lipinski definition) is 8. The van der Waals surface area contributed by atoms with E-state index in [0.717, 1.165) is 12.8 Å². The Hall–Kier alpha value is -0.610. The van der Waals surface area contributed by atoms with Crippen molar-refractivity contribution in [3.05, 3.63) is 0 Å². The van der Waals surface area contributed by atoms with Crippen LogP contribution in [-0.4, -0.2) is 75.4 Å². The summed E-state index contributed by atoms with van der Waals surface area (Å²) in [4.78, 5) is 10.2. The van der Waals surface area contributed by atoms with E-state index in [9.17, 15) is 15.0 Å². The highest BCUT2D eigenvalue weighted by Crippen LogP contribution is 2.21. The van der Waals surface area contributed by atoms with Crippen molar-refractivity contribution in [2.75, 3.05) is 26.4 Å². The van der Waals surface area contributed by atoms with Crippen LogP contribution in [0, 0.1) is 0 Å². The standard InChI is InChI=1S/C6H12O6.C5H12O.C5H10O/c7-1-5(9)3-12-6(10,2-8)4-11-5;2*1-3-5(6)4-2/h7-10H,1-4H2;5-6H,3-4H2,1-2H3;3-4H2,1-2H3. The fourth-order valence-corrected chi connectivity index (χ4v) is 1.30. The predicted octanol–water partition coefficient (Wildman–Crippen LogP) is -0.0622. The smallest absolute Gasteiger partial charge is 0.213 e. The van der Waals surface area contributed by atoms with E-state index in [0.29, 0.717) is 18.6 Å². The molecule has 8 nitrogen and oxygen atoms in total. The van der Waals surface area contributed by atoms with Crippen LogP contribution in [0.25, 0.3) is 0 Å². The number of hydrogen-bond donors (Lipinski definition) is 5. The molecule has 0 amide bonds. The highest BCUT2D eigenvalue weighted by molar-refractivity contribution is 5.77. The molecule has 2 unspecified atom stereocenters. The van der Waals surface area contributed by atoms with E-state index in [2.05, 4.69) is 0 Å². The zero-order chi connectivity index (χ0) is 19.2. The monoisotopic (exact) mass is 354 g/mol. The molecule has 1 heterocycles. The molecule has 146 valence electrons. The normalized spacial score (nSPS) is 26.1. The Labute approximate surface area is 144 Å². The van der Waals surface area contributed by atoms with Crippen LogP contribution in [-0.2, 0) is 14.3 Å². The summed E-state index contributed by atoms with van der Waals surface area (Å²) >= 11 is 0. The molecule has 0 aromatic carbocycles. The van der Waals surface area contributed by atoms with Gasteiger partial charge in [0.1, 0.15) is 19.0 Å². The molecular weight excluding hydrogens is 320 g/mol. The molecule has 24 heavy (non-hydrogen) atoms. The topological polar surface area (TPSA) is 137 Å². The third-order valence-corrected chi connectivity index (χ3v) is 3.36. The van der Waals surface area contributed by atoms with Crippen molar-refractivity contribution in [3.8, 4) is 0 Å². The minimum absolute atomic E-state index is 0.0648. The zero-order valence-corrected chi connectivity index (χ0v) is 15.2. The Kier molecular flexibility index (Phi) is 14.6. The average Bonchev–Trinajstić information content (AvgIpc) is 2.64. The van der Waals surface area contributed by atoms with E-state index in [-0.39, 0.29) is 19.3 Å². The van der Waals surface area contributed by atoms with Gasteiger partial charge in [0.25, 0.3) is 0 Å². The molecular formula is C16H34O8. The lowest BCUT2D eigenvalue weighted by molar-refractivity contribution is -0.377. The van der Waals surface area contributed by atoms with Crippen LogP contribution in [0.2, 0.25) is 0 Å². The van der Waals surface area contributed by atoms with Gasteiger partial charge in [-0.15, -0.1) is 0 Å². The maximum absolute atomic E-state index is 10.2. The molecule has 0 aromatic rings. The SMILES string of the molecule is CCC(=O)CC.CCC(O)CC.OCC1(O)COC(O)(CO)CO1. The lowest BCUT2D eigenvalue weighted by atomic mass is 10.2. The van der Waals surface area contributed by atoms with Crippen molar-refractivity contribution in [3.63, 3.8) is 0 Å². The number of Topliss-reactive ketones (excluding diaryl/α,β-unsaturated/α-hetero) is 1. The molecule has 8 heteroatoms. The van der Waals surface area contributed by atoms with Gasteiger partial charge < -0.3 is 35.0 Å². The van der Waals surface area contributed by atoms with Gasteiger partial charge >= 0.3 is 0 Å². The van der Waals surface area contributed by atoms with Crippen molar-refractivity contribution in [2.24, 2.45) is 0 Å². The molecule has 2 atom stereocenters. The Bertz CT molecular complexity index is 285. The van der Waals surface area contributed by atoms with E-state index in [1.165, 1.54) is 0 Å². The molecule has 1 fully saturated rings. The molecule has 0 aromatic heterocycles. The summed E-state index contributed by atoms with van der Waals surface area (Å²) in [5, 5.41) is 44.3. The van der Waals surface area contributed by atoms with Crippen molar-refractivity contribution in [1.29, 1.82) is 0 Å². The molecule has 0 saturated carbocycles. The molecule has 1 rings (SSSR count). The first-order valence-electron chi connectivity index (χ1n) is 8.29. The van der Waals surface area contributed by atoms with Crippen LogP contribution >= 0.6 is 0 Å². The summed E-state index contributed by atoms with van der Waals surface area (Å²) < 4.78 is 9.38. The number of carbonyl (C=O) groups is 1. The van der Waals surface area contributed by atoms with E-state index in [1.807, 2.05) is 27.7 Å². The Morgan fingerprint density at radius 2 is 1.25 bits per heavy atom. The fourth-order valence-electron chi connectivity index (χ4n) is 1.30. The maximum atomic E-state index is 10.2. The molecule has 1 aliphatic rings. The van der Waals surface area contributed by atoms with Gasteiger partial charge in [-0.3, -0.25) is 4.79 Å². The van der Waals surface area contributed by atoms with Gasteiger partial charge in [0, 0.05) is 12.8 Å². The van der Waals surface area contributed by atoms with Crippen LogP contribution in [0.4, 0.5) is 0 Å². The van der Waals surface area contributed by atoms with Crippen LogP contribution in [0.1, 0.15) is 53.4 Å². The van der Waals surface area contributed by atoms with Crippen LogP contribution in [0.15, 0.2) is 0 Å². The first kappa shape index (κ1) is 25.6. The lowest BCUT2D eigenvalue weighted by Gasteiger charge is -2.38. The first-order chi connectivity index (χ1) is 11.2. The molecule has 1 aliphatic heterocycles. The van der Waals surface area contributed by atoms with E-state index < -0.39 is 24.8 Å². The van der Waals surface area contributed by atoms with Crippen LogP contribution in [0.5, 0.6) is 0 Å². The Morgan fingerprint density at radius 1 is 0.917 bits per heavy atom. The zero-order valence-electron chi connectivity index (χ0n) is 15.2. The fraction of sp³-hybridized carbons (Fsp3) is 0.938. The first-order valence-corrected chi connectivity index (χ1v) is 8.29. The minimum atomic E-state index is -1.76. The molecule has 5 N–H and O–H groups in total. The molecule has 0 aliphatic carbocycles. The van der Waals surface area contributed by atoms with Gasteiger partial charge in [-0.05, 0) is 12.8 Å². The summed E-state index contributed by atoms with van der Waals surface area (Å²) in [7, 11) is 0. The van der Waals surface area contributed by atoms with Crippen molar-refractivity contribution in [1.82, 2.24) is 0 Å². The quantitative estimate of drug-likeness (QED) is 0.447. The molecule has 0 bridgehead atoms. The average molecular weight is 354 g/mol. The van der Waals surface area contributed by atoms with Crippen LogP contribution < -0.4 is 0 Å². The lowest BCUT2D eigenvalue weighted by Crippen LogP contribution is -2.56. The number of rotatable bonds is 6. The summed E-state index contributed by atoms with van der Waals surface area (Å²) in [6, 6.07) is 0. The van der Waals surface area contributed by atoms with E-state index in [4.69, 9.17) is 24.8 Å². The second-order valence-corrected chi connectivity index (χ2v) is 5.50. The summed E-state index contributed by atoms with van der Waals surface area (Å²) in [6.07, 6.45) is 3.09. The Morgan fingerprint density at radius 3 is 1.33 bits per heavy atom. The van der Waals surface area contributed by atoms with Crippen LogP contribution in [0.3, 0.4) is 0 Å². The van der Waals surface area contributed by atoms with E-state index >= 15 is 0 Å². The summed E-state index contributed by atoms with van der Waals surface area (Å²) in [6.45, 7) is 5.74. The second kappa shape index (κ2) is 13.7. The minimum Gasteiger partial charge on any atom is -0.393 e. The Balaban J connectivity index is 0. The summed E-state index contributed by atoms with van der Waals surface area (Å²) in [5.41, 5.74) is 0. The molecule has 0 spiro atoms.